The van der Waals surface area contributed by atoms with Crippen LogP contribution in [0, 0.1) is 11.7 Å². The van der Waals surface area contributed by atoms with E-state index in [1.54, 1.807) is 20.8 Å². The Morgan fingerprint density at radius 2 is 1.78 bits per heavy atom. The first kappa shape index (κ1) is 17.7. The van der Waals surface area contributed by atoms with Gasteiger partial charge in [-0.15, -0.1) is 0 Å². The molecule has 0 spiro atoms. The van der Waals surface area contributed by atoms with Gasteiger partial charge in [-0.1, -0.05) is 0 Å². The lowest BCUT2D eigenvalue weighted by atomic mass is 10.0. The maximum absolute atomic E-state index is 14.3. The molecule has 1 unspecified atom stereocenters. The molecular weight excluding hydrogens is 328 g/mol. The van der Waals surface area contributed by atoms with E-state index in [-0.39, 0.29) is 18.0 Å². The molecule has 1 saturated heterocycles. The number of sulfone groups is 1. The van der Waals surface area contributed by atoms with E-state index in [2.05, 4.69) is 0 Å². The Morgan fingerprint density at radius 1 is 1.26 bits per heavy atom. The predicted octanol–water partition coefficient (Wildman–Crippen LogP) is 2.76. The molecule has 5 nitrogen and oxygen atoms in total. The number of likely N-dealkylation sites (tertiary alicyclic amines) is 1. The maximum Gasteiger partial charge on any atom is 0.410 e. The van der Waals surface area contributed by atoms with Crippen molar-refractivity contribution >= 4 is 15.9 Å². The van der Waals surface area contributed by atoms with Gasteiger partial charge in [0.05, 0.1) is 4.90 Å². The molecule has 8 heteroatoms. The number of carbonyl (C=O) groups excluding carboxylic acids is 1. The topological polar surface area (TPSA) is 63.7 Å². The number of halogens is 2. The zero-order chi connectivity index (χ0) is 17.4. The van der Waals surface area contributed by atoms with Crippen molar-refractivity contribution in [3.8, 4) is 0 Å². The molecule has 0 radical (unpaired) electrons. The largest absolute Gasteiger partial charge is 0.444 e. The number of nitrogens with zero attached hydrogens (tertiary/aromatic N) is 1. The van der Waals surface area contributed by atoms with Crippen molar-refractivity contribution in [2.75, 3.05) is 13.1 Å². The first-order valence-electron chi connectivity index (χ1n) is 7.12. The van der Waals surface area contributed by atoms with Crippen LogP contribution in [0.5, 0.6) is 0 Å². The van der Waals surface area contributed by atoms with Gasteiger partial charge >= 0.3 is 6.09 Å². The van der Waals surface area contributed by atoms with Gasteiger partial charge in [0.15, 0.2) is 0 Å². The van der Waals surface area contributed by atoms with Crippen LogP contribution < -0.4 is 0 Å². The van der Waals surface area contributed by atoms with Crippen molar-refractivity contribution in [3.05, 3.63) is 30.1 Å². The summed E-state index contributed by atoms with van der Waals surface area (Å²) < 4.78 is 56.6. The van der Waals surface area contributed by atoms with Gasteiger partial charge in [-0.3, -0.25) is 0 Å². The minimum Gasteiger partial charge on any atom is -0.444 e. The Balaban J connectivity index is 1.99. The average Bonchev–Trinajstić information content (AvgIpc) is 2.35. The van der Waals surface area contributed by atoms with Crippen LogP contribution in [0.15, 0.2) is 29.2 Å². The molecule has 1 fully saturated rings. The summed E-state index contributed by atoms with van der Waals surface area (Å²) in [5.74, 6) is -1.42. The minimum atomic E-state index is -4.21. The molecule has 1 amide bonds. The van der Waals surface area contributed by atoms with Gasteiger partial charge in [0, 0.05) is 19.0 Å². The second kappa shape index (κ2) is 6.07. The summed E-state index contributed by atoms with van der Waals surface area (Å²) in [5.41, 5.74) is -2.82. The fraction of sp³-hybridized carbons (Fsp3) is 0.533. The Labute approximate surface area is 134 Å². The summed E-state index contributed by atoms with van der Waals surface area (Å²) in [4.78, 5) is 12.7. The van der Waals surface area contributed by atoms with E-state index in [0.717, 1.165) is 24.3 Å². The summed E-state index contributed by atoms with van der Waals surface area (Å²) in [6, 6.07) is 3.99. The van der Waals surface area contributed by atoms with Gasteiger partial charge in [-0.2, -0.15) is 0 Å². The van der Waals surface area contributed by atoms with E-state index in [9.17, 15) is 22.0 Å². The highest BCUT2D eigenvalue weighted by Crippen LogP contribution is 2.30. The SMILES string of the molecule is CC(C)(C)OC(=O)N1CC(C(F)S(=O)(=O)c2ccc(F)cc2)C1. The molecule has 1 aromatic carbocycles. The zero-order valence-electron chi connectivity index (χ0n) is 13.1. The van der Waals surface area contributed by atoms with Gasteiger partial charge < -0.3 is 9.64 Å². The molecule has 1 aliphatic heterocycles. The molecule has 1 atom stereocenters. The van der Waals surface area contributed by atoms with Gasteiger partial charge in [-0.25, -0.2) is 22.0 Å². The van der Waals surface area contributed by atoms with Crippen LogP contribution in [0.1, 0.15) is 20.8 Å². The number of alkyl halides is 1. The molecule has 1 heterocycles. The predicted molar refractivity (Wildman–Crippen MR) is 79.8 cm³/mol. The highest BCUT2D eigenvalue weighted by molar-refractivity contribution is 7.92. The fourth-order valence-electron chi connectivity index (χ4n) is 2.16. The van der Waals surface area contributed by atoms with Crippen LogP contribution >= 0.6 is 0 Å². The van der Waals surface area contributed by atoms with E-state index in [0.29, 0.717) is 0 Å². The Bertz CT molecular complexity index is 676. The van der Waals surface area contributed by atoms with Crippen LogP contribution in [-0.2, 0) is 14.6 Å². The highest BCUT2D eigenvalue weighted by atomic mass is 32.2. The summed E-state index contributed by atoms with van der Waals surface area (Å²) in [7, 11) is -4.21. The summed E-state index contributed by atoms with van der Waals surface area (Å²) in [6.45, 7) is 5.06. The summed E-state index contributed by atoms with van der Waals surface area (Å²) in [5, 5.41) is 0. The van der Waals surface area contributed by atoms with E-state index in [1.807, 2.05) is 0 Å². The van der Waals surface area contributed by atoms with Crippen molar-refractivity contribution in [2.24, 2.45) is 5.92 Å². The smallest absolute Gasteiger partial charge is 0.410 e. The molecule has 23 heavy (non-hydrogen) atoms. The summed E-state index contributed by atoms with van der Waals surface area (Å²) >= 11 is 0. The average molecular weight is 347 g/mol. The molecule has 1 aliphatic rings. The summed E-state index contributed by atoms with van der Waals surface area (Å²) in [6.07, 6.45) is -0.597. The van der Waals surface area contributed by atoms with Gasteiger partial charge in [0.25, 0.3) is 0 Å². The van der Waals surface area contributed by atoms with Gasteiger partial charge in [0.2, 0.25) is 15.3 Å². The van der Waals surface area contributed by atoms with Crippen LogP contribution in [0.25, 0.3) is 0 Å². The number of ether oxygens (including phenoxy) is 1. The van der Waals surface area contributed by atoms with Crippen molar-refractivity contribution in [3.63, 3.8) is 0 Å². The number of amides is 1. The third-order valence-corrected chi connectivity index (χ3v) is 5.28. The molecule has 0 bridgehead atoms. The third-order valence-electron chi connectivity index (χ3n) is 3.37. The Kier molecular flexibility index (Phi) is 4.66. The monoisotopic (exact) mass is 347 g/mol. The van der Waals surface area contributed by atoms with Crippen LogP contribution in [0.3, 0.4) is 0 Å². The van der Waals surface area contributed by atoms with E-state index < -0.39 is 38.8 Å². The fourth-order valence-corrected chi connectivity index (χ4v) is 3.62. The van der Waals surface area contributed by atoms with Crippen molar-refractivity contribution < 1.29 is 26.7 Å². The van der Waals surface area contributed by atoms with E-state index in [1.165, 1.54) is 4.90 Å². The number of carbonyl (C=O) groups is 1. The van der Waals surface area contributed by atoms with Crippen molar-refractivity contribution in [1.29, 1.82) is 0 Å². The normalized spacial score (nSPS) is 17.5. The Morgan fingerprint density at radius 3 is 2.26 bits per heavy atom. The Hall–Kier alpha value is -1.70. The number of hydrogen-bond acceptors (Lipinski definition) is 4. The lowest BCUT2D eigenvalue weighted by molar-refractivity contribution is -0.00752. The lowest BCUT2D eigenvalue weighted by Gasteiger charge is -2.40. The molecule has 0 aromatic heterocycles. The van der Waals surface area contributed by atoms with Gasteiger partial charge in [-0.05, 0) is 45.0 Å². The van der Waals surface area contributed by atoms with E-state index in [4.69, 9.17) is 4.74 Å². The van der Waals surface area contributed by atoms with Crippen molar-refractivity contribution in [1.82, 2.24) is 4.90 Å². The van der Waals surface area contributed by atoms with Gasteiger partial charge in [0.1, 0.15) is 11.4 Å². The molecule has 128 valence electrons. The first-order chi connectivity index (χ1) is 10.5. The van der Waals surface area contributed by atoms with Crippen LogP contribution in [0.4, 0.5) is 13.6 Å². The minimum absolute atomic E-state index is 0.0312. The maximum atomic E-state index is 14.3. The molecule has 2 rings (SSSR count). The molecule has 0 saturated carbocycles. The van der Waals surface area contributed by atoms with E-state index >= 15 is 0 Å². The number of hydrogen-bond donors (Lipinski definition) is 0. The highest BCUT2D eigenvalue weighted by Gasteiger charge is 2.44. The molecule has 1 aromatic rings. The van der Waals surface area contributed by atoms with Crippen LogP contribution in [0.2, 0.25) is 0 Å². The second-order valence-corrected chi connectivity index (χ2v) is 8.51. The zero-order valence-corrected chi connectivity index (χ0v) is 13.9. The standard InChI is InChI=1S/C15H19F2NO4S/c1-15(2,3)22-14(19)18-8-10(9-18)13(17)23(20,21)12-6-4-11(16)5-7-12/h4-7,10,13H,8-9H2,1-3H3. The quantitative estimate of drug-likeness (QED) is 0.789. The number of rotatable bonds is 3. The molecule has 0 aliphatic carbocycles. The molecule has 0 N–H and O–H groups in total. The number of benzene rings is 1. The second-order valence-electron chi connectivity index (χ2n) is 6.50. The third kappa shape index (κ3) is 3.99. The first-order valence-corrected chi connectivity index (χ1v) is 8.67. The van der Waals surface area contributed by atoms with Crippen molar-refractivity contribution in [2.45, 2.75) is 36.8 Å². The van der Waals surface area contributed by atoms with Crippen LogP contribution in [-0.4, -0.2) is 43.6 Å². The molecular formula is C15H19F2NO4S. The lowest BCUT2D eigenvalue weighted by Crippen LogP contribution is -2.55.